The fourth-order valence-electron chi connectivity index (χ4n) is 1.60. The molecule has 0 fully saturated rings. The third kappa shape index (κ3) is 2.93. The predicted molar refractivity (Wildman–Crippen MR) is 79.0 cm³/mol. The van der Waals surface area contributed by atoms with Crippen LogP contribution in [-0.4, -0.2) is 0 Å². The summed E-state index contributed by atoms with van der Waals surface area (Å²) in [6.07, 6.45) is 0. The Morgan fingerprint density at radius 3 is 1.39 bits per heavy atom. The molecular formula is C13H9Cl4N. The lowest BCUT2D eigenvalue weighted by molar-refractivity contribution is 0.872. The third-order valence-corrected chi connectivity index (χ3v) is 4.08. The normalized spacial score (nSPS) is 11.0. The molecule has 2 rings (SSSR count). The first-order chi connectivity index (χ1) is 8.49. The number of hydrogen-bond donors (Lipinski definition) is 1. The van der Waals surface area contributed by atoms with Crippen molar-refractivity contribution in [2.24, 2.45) is 5.73 Å². The van der Waals surface area contributed by atoms with E-state index in [0.717, 1.165) is 11.1 Å². The van der Waals surface area contributed by atoms with Crippen molar-refractivity contribution in [2.45, 2.75) is 6.04 Å². The van der Waals surface area contributed by atoms with E-state index in [4.69, 9.17) is 52.1 Å². The highest BCUT2D eigenvalue weighted by Crippen LogP contribution is 2.30. The van der Waals surface area contributed by atoms with Gasteiger partial charge in [-0.2, -0.15) is 0 Å². The maximum atomic E-state index is 6.15. The van der Waals surface area contributed by atoms with Crippen LogP contribution >= 0.6 is 46.4 Å². The van der Waals surface area contributed by atoms with Gasteiger partial charge >= 0.3 is 0 Å². The van der Waals surface area contributed by atoms with Gasteiger partial charge in [0.15, 0.2) is 0 Å². The minimum atomic E-state index is -0.325. The molecule has 0 radical (unpaired) electrons. The predicted octanol–water partition coefficient (Wildman–Crippen LogP) is 5.35. The molecule has 1 nitrogen and oxygen atoms in total. The first-order valence-corrected chi connectivity index (χ1v) is 6.65. The number of halogens is 4. The Hall–Kier alpha value is -0.440. The maximum Gasteiger partial charge on any atom is 0.0595 e. The van der Waals surface area contributed by atoms with Crippen LogP contribution in [0.3, 0.4) is 0 Å². The van der Waals surface area contributed by atoms with Gasteiger partial charge in [0.2, 0.25) is 0 Å². The molecule has 5 heteroatoms. The van der Waals surface area contributed by atoms with Crippen LogP contribution in [0, 0.1) is 0 Å². The van der Waals surface area contributed by atoms with Crippen LogP contribution in [-0.2, 0) is 0 Å². The minimum Gasteiger partial charge on any atom is -0.320 e. The standard InChI is InChI=1S/C13H9Cl4N/c14-9-3-1-7(5-11(9)16)13(18)8-2-4-10(15)12(17)6-8/h1-6,13H,18H2. The van der Waals surface area contributed by atoms with E-state index in [1.807, 2.05) is 12.1 Å². The van der Waals surface area contributed by atoms with Gasteiger partial charge < -0.3 is 5.73 Å². The molecule has 2 N–H and O–H groups in total. The summed E-state index contributed by atoms with van der Waals surface area (Å²) in [5.74, 6) is 0. The fourth-order valence-corrected chi connectivity index (χ4v) is 2.22. The Bertz CT molecular complexity index is 532. The van der Waals surface area contributed by atoms with E-state index >= 15 is 0 Å². The van der Waals surface area contributed by atoms with Crippen molar-refractivity contribution in [2.75, 3.05) is 0 Å². The molecule has 0 unspecified atom stereocenters. The van der Waals surface area contributed by atoms with Crippen molar-refractivity contribution >= 4 is 46.4 Å². The second kappa shape index (κ2) is 5.68. The zero-order valence-electron chi connectivity index (χ0n) is 9.13. The second-order valence-corrected chi connectivity index (χ2v) is 5.45. The Labute approximate surface area is 125 Å². The second-order valence-electron chi connectivity index (χ2n) is 3.82. The van der Waals surface area contributed by atoms with Gasteiger partial charge in [0.25, 0.3) is 0 Å². The monoisotopic (exact) mass is 319 g/mol. The van der Waals surface area contributed by atoms with Gasteiger partial charge in [-0.1, -0.05) is 58.5 Å². The minimum absolute atomic E-state index is 0.325. The van der Waals surface area contributed by atoms with E-state index in [2.05, 4.69) is 0 Å². The van der Waals surface area contributed by atoms with Crippen LogP contribution in [0.5, 0.6) is 0 Å². The smallest absolute Gasteiger partial charge is 0.0595 e. The maximum absolute atomic E-state index is 6.15. The lowest BCUT2D eigenvalue weighted by Crippen LogP contribution is -2.11. The quantitative estimate of drug-likeness (QED) is 0.793. The first kappa shape index (κ1) is 14.0. The van der Waals surface area contributed by atoms with Crippen molar-refractivity contribution in [3.05, 3.63) is 67.6 Å². The van der Waals surface area contributed by atoms with Crippen LogP contribution in [0.4, 0.5) is 0 Å². The van der Waals surface area contributed by atoms with Crippen molar-refractivity contribution < 1.29 is 0 Å². The van der Waals surface area contributed by atoms with Gasteiger partial charge in [0.1, 0.15) is 0 Å². The van der Waals surface area contributed by atoms with Gasteiger partial charge in [-0.05, 0) is 35.4 Å². The molecule has 94 valence electrons. The lowest BCUT2D eigenvalue weighted by atomic mass is 10.00. The molecule has 0 aromatic heterocycles. The van der Waals surface area contributed by atoms with Crippen molar-refractivity contribution in [1.82, 2.24) is 0 Å². The SMILES string of the molecule is NC(c1ccc(Cl)c(Cl)c1)c1ccc(Cl)c(Cl)c1. The average molecular weight is 321 g/mol. The molecule has 0 aliphatic carbocycles. The molecule has 0 amide bonds. The van der Waals surface area contributed by atoms with Gasteiger partial charge in [-0.25, -0.2) is 0 Å². The third-order valence-electron chi connectivity index (χ3n) is 2.61. The Balaban J connectivity index is 2.37. The van der Waals surface area contributed by atoms with E-state index in [9.17, 15) is 0 Å². The van der Waals surface area contributed by atoms with E-state index in [0.29, 0.717) is 20.1 Å². The topological polar surface area (TPSA) is 26.0 Å². The summed E-state index contributed by atoms with van der Waals surface area (Å²) in [5, 5.41) is 1.96. The summed E-state index contributed by atoms with van der Waals surface area (Å²) in [5.41, 5.74) is 7.88. The van der Waals surface area contributed by atoms with Crippen LogP contribution in [0.25, 0.3) is 0 Å². The Morgan fingerprint density at radius 2 is 1.06 bits per heavy atom. The van der Waals surface area contributed by atoms with Crippen LogP contribution in [0.1, 0.15) is 17.2 Å². The molecule has 0 bridgehead atoms. The van der Waals surface area contributed by atoms with Crippen molar-refractivity contribution in [3.63, 3.8) is 0 Å². The van der Waals surface area contributed by atoms with Gasteiger partial charge in [0, 0.05) is 0 Å². The van der Waals surface area contributed by atoms with Gasteiger partial charge in [-0.3, -0.25) is 0 Å². The molecule has 0 spiro atoms. The van der Waals surface area contributed by atoms with E-state index < -0.39 is 0 Å². The highest BCUT2D eigenvalue weighted by Gasteiger charge is 2.12. The summed E-state index contributed by atoms with van der Waals surface area (Å²) in [4.78, 5) is 0. The average Bonchev–Trinajstić information content (AvgIpc) is 2.35. The van der Waals surface area contributed by atoms with E-state index in [1.54, 1.807) is 24.3 Å². The number of benzene rings is 2. The zero-order chi connectivity index (χ0) is 13.3. The molecule has 2 aromatic carbocycles. The molecule has 2 aromatic rings. The summed E-state index contributed by atoms with van der Waals surface area (Å²) in [7, 11) is 0. The molecule has 0 heterocycles. The molecule has 0 aliphatic rings. The summed E-state index contributed by atoms with van der Waals surface area (Å²) >= 11 is 23.7. The van der Waals surface area contributed by atoms with Crippen molar-refractivity contribution in [1.29, 1.82) is 0 Å². The summed E-state index contributed by atoms with van der Waals surface area (Å²) in [6.45, 7) is 0. The molecule has 0 aliphatic heterocycles. The van der Waals surface area contributed by atoms with Crippen molar-refractivity contribution in [3.8, 4) is 0 Å². The van der Waals surface area contributed by atoms with E-state index in [-0.39, 0.29) is 6.04 Å². The summed E-state index contributed by atoms with van der Waals surface area (Å²) in [6, 6.07) is 10.3. The highest BCUT2D eigenvalue weighted by atomic mass is 35.5. The number of hydrogen-bond acceptors (Lipinski definition) is 1. The highest BCUT2D eigenvalue weighted by molar-refractivity contribution is 6.42. The van der Waals surface area contributed by atoms with Crippen LogP contribution < -0.4 is 5.73 Å². The Morgan fingerprint density at radius 1 is 0.667 bits per heavy atom. The van der Waals surface area contributed by atoms with E-state index in [1.165, 1.54) is 0 Å². The first-order valence-electron chi connectivity index (χ1n) is 5.14. The Kier molecular flexibility index (Phi) is 4.41. The zero-order valence-corrected chi connectivity index (χ0v) is 12.2. The lowest BCUT2D eigenvalue weighted by Gasteiger charge is -2.14. The fraction of sp³-hybridized carbons (Fsp3) is 0.0769. The molecule has 18 heavy (non-hydrogen) atoms. The van der Waals surface area contributed by atoms with Gasteiger partial charge in [0.05, 0.1) is 26.1 Å². The number of rotatable bonds is 2. The van der Waals surface area contributed by atoms with Gasteiger partial charge in [-0.15, -0.1) is 0 Å². The van der Waals surface area contributed by atoms with Crippen LogP contribution in [0.2, 0.25) is 20.1 Å². The van der Waals surface area contributed by atoms with Crippen LogP contribution in [0.15, 0.2) is 36.4 Å². The molecule has 0 atom stereocenters. The molecule has 0 saturated heterocycles. The molecular weight excluding hydrogens is 312 g/mol. The largest absolute Gasteiger partial charge is 0.320 e. The molecule has 0 saturated carbocycles. The summed E-state index contributed by atoms with van der Waals surface area (Å²) < 4.78 is 0. The number of nitrogens with two attached hydrogens (primary N) is 1.